The highest BCUT2D eigenvalue weighted by molar-refractivity contribution is 5.21. The minimum atomic E-state index is -0.521. The number of aliphatic hydroxyl groups is 1. The van der Waals surface area contributed by atoms with Crippen LogP contribution in [0.1, 0.15) is 20.3 Å². The highest BCUT2D eigenvalue weighted by Gasteiger charge is 2.08. The second-order valence-corrected chi connectivity index (χ2v) is 6.07. The molecule has 1 N–H and O–H groups in total. The standard InChI is InChI=1S/C18H30FNO4/c1-15(2)23-12-11-22-14-17(21)13-20(3)9-4-10-24-18-7-5-16(19)6-8-18/h5-8,15,17,21H,4,9-14H2,1-3H3/t17-/m0/s1. The highest BCUT2D eigenvalue weighted by Crippen LogP contribution is 2.11. The van der Waals surface area contributed by atoms with Gasteiger partial charge in [0, 0.05) is 13.1 Å². The Kier molecular flexibility index (Phi) is 10.6. The zero-order valence-corrected chi connectivity index (χ0v) is 14.9. The van der Waals surface area contributed by atoms with Gasteiger partial charge in [-0.25, -0.2) is 4.39 Å². The summed E-state index contributed by atoms with van der Waals surface area (Å²) in [6, 6.07) is 5.99. The Bertz CT molecular complexity index is 428. The van der Waals surface area contributed by atoms with Crippen LogP contribution in [0.5, 0.6) is 5.75 Å². The molecule has 0 unspecified atom stereocenters. The number of benzene rings is 1. The van der Waals surface area contributed by atoms with Crippen LogP contribution in [-0.2, 0) is 9.47 Å². The predicted octanol–water partition coefficient (Wildman–Crippen LogP) is 2.33. The van der Waals surface area contributed by atoms with Gasteiger partial charge in [-0.05, 0) is 51.6 Å². The van der Waals surface area contributed by atoms with Crippen molar-refractivity contribution in [1.29, 1.82) is 0 Å². The van der Waals surface area contributed by atoms with E-state index in [9.17, 15) is 9.50 Å². The van der Waals surface area contributed by atoms with Crippen LogP contribution in [0.2, 0.25) is 0 Å². The quantitative estimate of drug-likeness (QED) is 0.557. The summed E-state index contributed by atoms with van der Waals surface area (Å²) in [6.45, 7) is 7.18. The molecule has 1 aromatic rings. The molecular formula is C18H30FNO4. The molecule has 0 heterocycles. The number of ether oxygens (including phenoxy) is 3. The molecule has 1 atom stereocenters. The van der Waals surface area contributed by atoms with Gasteiger partial charge in [0.05, 0.1) is 38.6 Å². The van der Waals surface area contributed by atoms with Gasteiger partial charge in [-0.2, -0.15) is 0 Å². The van der Waals surface area contributed by atoms with Crippen molar-refractivity contribution in [3.8, 4) is 5.75 Å². The maximum Gasteiger partial charge on any atom is 0.123 e. The molecule has 24 heavy (non-hydrogen) atoms. The Morgan fingerprint density at radius 1 is 1.12 bits per heavy atom. The second kappa shape index (κ2) is 12.2. The summed E-state index contributed by atoms with van der Waals surface area (Å²) >= 11 is 0. The molecule has 0 aromatic heterocycles. The van der Waals surface area contributed by atoms with Gasteiger partial charge >= 0.3 is 0 Å². The maximum atomic E-state index is 12.8. The monoisotopic (exact) mass is 343 g/mol. The fourth-order valence-electron chi connectivity index (χ4n) is 2.12. The minimum Gasteiger partial charge on any atom is -0.494 e. The molecule has 0 spiro atoms. The van der Waals surface area contributed by atoms with Crippen LogP contribution in [0, 0.1) is 5.82 Å². The molecule has 0 amide bonds. The number of aliphatic hydroxyl groups excluding tert-OH is 1. The van der Waals surface area contributed by atoms with E-state index in [2.05, 4.69) is 0 Å². The van der Waals surface area contributed by atoms with E-state index >= 15 is 0 Å². The zero-order valence-electron chi connectivity index (χ0n) is 14.9. The molecule has 0 fully saturated rings. The molecule has 0 aliphatic carbocycles. The van der Waals surface area contributed by atoms with Gasteiger partial charge in [0.25, 0.3) is 0 Å². The van der Waals surface area contributed by atoms with E-state index in [-0.39, 0.29) is 11.9 Å². The average Bonchev–Trinajstić information content (AvgIpc) is 2.52. The van der Waals surface area contributed by atoms with E-state index in [1.54, 1.807) is 12.1 Å². The Labute approximate surface area is 144 Å². The smallest absolute Gasteiger partial charge is 0.123 e. The fraction of sp³-hybridized carbons (Fsp3) is 0.667. The summed E-state index contributed by atoms with van der Waals surface area (Å²) in [5.41, 5.74) is 0. The first-order valence-electron chi connectivity index (χ1n) is 8.41. The van der Waals surface area contributed by atoms with Crippen molar-refractivity contribution in [2.24, 2.45) is 0 Å². The summed E-state index contributed by atoms with van der Waals surface area (Å²) in [5, 5.41) is 9.91. The molecule has 6 heteroatoms. The largest absolute Gasteiger partial charge is 0.494 e. The van der Waals surface area contributed by atoms with Gasteiger partial charge < -0.3 is 24.2 Å². The van der Waals surface area contributed by atoms with E-state index < -0.39 is 6.10 Å². The number of rotatable bonds is 13. The van der Waals surface area contributed by atoms with Crippen molar-refractivity contribution in [3.05, 3.63) is 30.1 Å². The number of likely N-dealkylation sites (N-methyl/N-ethyl adjacent to an activating group) is 1. The molecule has 138 valence electrons. The van der Waals surface area contributed by atoms with Crippen LogP contribution in [0.4, 0.5) is 4.39 Å². The highest BCUT2D eigenvalue weighted by atomic mass is 19.1. The average molecular weight is 343 g/mol. The van der Waals surface area contributed by atoms with E-state index in [1.165, 1.54) is 12.1 Å². The van der Waals surface area contributed by atoms with Gasteiger partial charge in [0.15, 0.2) is 0 Å². The van der Waals surface area contributed by atoms with E-state index in [4.69, 9.17) is 14.2 Å². The first-order chi connectivity index (χ1) is 11.5. The van der Waals surface area contributed by atoms with Crippen LogP contribution in [0.3, 0.4) is 0 Å². The normalized spacial score (nSPS) is 12.8. The molecule has 1 aromatic carbocycles. The van der Waals surface area contributed by atoms with E-state index in [1.807, 2.05) is 25.8 Å². The predicted molar refractivity (Wildman–Crippen MR) is 91.9 cm³/mol. The van der Waals surface area contributed by atoms with Crippen LogP contribution in [0.15, 0.2) is 24.3 Å². The van der Waals surface area contributed by atoms with Crippen molar-refractivity contribution in [2.75, 3.05) is 46.6 Å². The lowest BCUT2D eigenvalue weighted by molar-refractivity contribution is -0.0171. The topological polar surface area (TPSA) is 51.2 Å². The Morgan fingerprint density at radius 2 is 1.83 bits per heavy atom. The summed E-state index contributed by atoms with van der Waals surface area (Å²) < 4.78 is 29.0. The van der Waals surface area contributed by atoms with Gasteiger partial charge in [-0.1, -0.05) is 0 Å². The van der Waals surface area contributed by atoms with Crippen LogP contribution in [-0.4, -0.2) is 68.8 Å². The molecule has 0 bridgehead atoms. The SMILES string of the molecule is CC(C)OCCOC[C@@H](O)CN(C)CCCOc1ccc(F)cc1. The van der Waals surface area contributed by atoms with Gasteiger partial charge in [-0.15, -0.1) is 0 Å². The fourth-order valence-corrected chi connectivity index (χ4v) is 2.12. The first kappa shape index (κ1) is 20.8. The molecule has 5 nitrogen and oxygen atoms in total. The van der Waals surface area contributed by atoms with E-state index in [0.29, 0.717) is 38.7 Å². The number of nitrogens with zero attached hydrogens (tertiary/aromatic N) is 1. The summed E-state index contributed by atoms with van der Waals surface area (Å²) in [6.07, 6.45) is 0.498. The van der Waals surface area contributed by atoms with E-state index in [0.717, 1.165) is 13.0 Å². The van der Waals surface area contributed by atoms with Crippen LogP contribution >= 0.6 is 0 Å². The summed E-state index contributed by atoms with van der Waals surface area (Å²) in [7, 11) is 1.95. The summed E-state index contributed by atoms with van der Waals surface area (Å²) in [4.78, 5) is 2.03. The number of hydrogen-bond donors (Lipinski definition) is 1. The molecule has 1 rings (SSSR count). The third kappa shape index (κ3) is 10.5. The third-order valence-electron chi connectivity index (χ3n) is 3.28. The van der Waals surface area contributed by atoms with Crippen molar-refractivity contribution in [1.82, 2.24) is 4.90 Å². The molecule has 0 aliphatic rings. The van der Waals surface area contributed by atoms with Crippen molar-refractivity contribution in [3.63, 3.8) is 0 Å². The van der Waals surface area contributed by atoms with Crippen LogP contribution < -0.4 is 4.74 Å². The number of hydrogen-bond acceptors (Lipinski definition) is 5. The lowest BCUT2D eigenvalue weighted by Crippen LogP contribution is -2.33. The number of halogens is 1. The molecule has 0 aliphatic heterocycles. The van der Waals surface area contributed by atoms with Crippen LogP contribution in [0.25, 0.3) is 0 Å². The van der Waals surface area contributed by atoms with Gasteiger partial charge in [-0.3, -0.25) is 0 Å². The molecule has 0 saturated heterocycles. The van der Waals surface area contributed by atoms with Crippen molar-refractivity contribution < 1.29 is 23.7 Å². The maximum absolute atomic E-state index is 12.8. The summed E-state index contributed by atoms with van der Waals surface area (Å²) in [5.74, 6) is 0.394. The van der Waals surface area contributed by atoms with Crippen molar-refractivity contribution in [2.45, 2.75) is 32.5 Å². The molecule has 0 radical (unpaired) electrons. The van der Waals surface area contributed by atoms with Gasteiger partial charge in [0.1, 0.15) is 11.6 Å². The Hall–Kier alpha value is -1.21. The van der Waals surface area contributed by atoms with Gasteiger partial charge in [0.2, 0.25) is 0 Å². The Balaban J connectivity index is 2.02. The lowest BCUT2D eigenvalue weighted by Gasteiger charge is -2.20. The Morgan fingerprint density at radius 3 is 2.50 bits per heavy atom. The zero-order chi connectivity index (χ0) is 17.8. The molecule has 0 saturated carbocycles. The third-order valence-corrected chi connectivity index (χ3v) is 3.28. The first-order valence-corrected chi connectivity index (χ1v) is 8.41. The molecular weight excluding hydrogens is 313 g/mol. The second-order valence-electron chi connectivity index (χ2n) is 6.07. The lowest BCUT2D eigenvalue weighted by atomic mass is 10.3. The minimum absolute atomic E-state index is 0.196. The van der Waals surface area contributed by atoms with Crippen molar-refractivity contribution >= 4 is 0 Å².